The molecule has 2 aliphatic heterocycles. The molecule has 1 aromatic heterocycles. The van der Waals surface area contributed by atoms with E-state index in [1.54, 1.807) is 24.5 Å². The Kier molecular flexibility index (Phi) is 6.96. The highest BCUT2D eigenvalue weighted by molar-refractivity contribution is 5.90. The van der Waals surface area contributed by atoms with Crippen molar-refractivity contribution in [2.75, 3.05) is 42.6 Å². The topological polar surface area (TPSA) is 75.2 Å². The fourth-order valence-corrected chi connectivity index (χ4v) is 3.91. The first-order valence-corrected chi connectivity index (χ1v) is 10.8. The molecule has 1 aromatic carbocycles. The monoisotopic (exact) mass is 442 g/mol. The lowest BCUT2D eigenvalue weighted by Crippen LogP contribution is -2.31. The predicted molar refractivity (Wildman–Crippen MR) is 117 cm³/mol. The lowest BCUT2D eigenvalue weighted by molar-refractivity contribution is -0.154. The SMILES string of the molecule is CC(=O)CC[C@H]1CN(c2ccc(N3CCON(Cc4ccncc4)CC3)c(F)c2)C(=O)O1. The number of hydrogen-bond acceptors (Lipinski definition) is 7. The van der Waals surface area contributed by atoms with Crippen LogP contribution in [0, 0.1) is 5.82 Å². The lowest BCUT2D eigenvalue weighted by atomic mass is 10.1. The van der Waals surface area contributed by atoms with Gasteiger partial charge in [0.15, 0.2) is 0 Å². The number of anilines is 2. The molecule has 2 aromatic rings. The number of nitrogens with zero attached hydrogens (tertiary/aromatic N) is 4. The Balaban J connectivity index is 1.38. The highest BCUT2D eigenvalue weighted by Crippen LogP contribution is 2.29. The van der Waals surface area contributed by atoms with Crippen LogP contribution >= 0.6 is 0 Å². The lowest BCUT2D eigenvalue weighted by Gasteiger charge is -2.24. The maximum Gasteiger partial charge on any atom is 0.414 e. The van der Waals surface area contributed by atoms with Crippen molar-refractivity contribution in [3.05, 3.63) is 54.1 Å². The summed E-state index contributed by atoms with van der Waals surface area (Å²) in [6.07, 6.45) is 3.45. The van der Waals surface area contributed by atoms with E-state index in [9.17, 15) is 9.59 Å². The Morgan fingerprint density at radius 2 is 2.00 bits per heavy atom. The molecule has 2 saturated heterocycles. The number of Topliss-reactive ketones (excluding diaryl/α,β-unsaturated/α-hetero) is 1. The molecule has 8 nitrogen and oxygen atoms in total. The van der Waals surface area contributed by atoms with E-state index in [1.807, 2.05) is 22.1 Å². The molecule has 0 unspecified atom stereocenters. The number of carbonyl (C=O) groups excluding carboxylic acids is 2. The van der Waals surface area contributed by atoms with Gasteiger partial charge in [0.2, 0.25) is 0 Å². The summed E-state index contributed by atoms with van der Waals surface area (Å²) in [5.41, 5.74) is 2.03. The van der Waals surface area contributed by atoms with Gasteiger partial charge in [0, 0.05) is 45.0 Å². The van der Waals surface area contributed by atoms with Gasteiger partial charge in [0.25, 0.3) is 0 Å². The fourth-order valence-electron chi connectivity index (χ4n) is 3.91. The second-order valence-corrected chi connectivity index (χ2v) is 8.03. The standard InChI is InChI=1S/C23H27FN4O4/c1-17(29)2-4-20-16-28(23(30)32-20)19-3-5-22(21(24)14-19)26-10-11-27(31-13-12-26)15-18-6-8-25-9-7-18/h3,5-9,14,20H,2,4,10-13,15-16H2,1H3/t20-/m0/s1. The Labute approximate surface area is 186 Å². The van der Waals surface area contributed by atoms with E-state index < -0.39 is 11.9 Å². The minimum Gasteiger partial charge on any atom is -0.444 e. The summed E-state index contributed by atoms with van der Waals surface area (Å²) in [4.78, 5) is 36.6. The summed E-state index contributed by atoms with van der Waals surface area (Å²) in [5.74, 6) is -0.347. The minimum atomic E-state index is -0.513. The van der Waals surface area contributed by atoms with Gasteiger partial charge >= 0.3 is 6.09 Å². The number of ether oxygens (including phenoxy) is 1. The van der Waals surface area contributed by atoms with Gasteiger partial charge in [-0.25, -0.2) is 9.18 Å². The molecule has 2 fully saturated rings. The number of ketones is 1. The Bertz CT molecular complexity index is 958. The number of amides is 1. The number of aromatic nitrogens is 1. The summed E-state index contributed by atoms with van der Waals surface area (Å²) in [7, 11) is 0. The second-order valence-electron chi connectivity index (χ2n) is 8.03. The average molecular weight is 442 g/mol. The van der Waals surface area contributed by atoms with E-state index >= 15 is 4.39 Å². The number of benzene rings is 1. The maximum absolute atomic E-state index is 15.0. The second kappa shape index (κ2) is 10.1. The van der Waals surface area contributed by atoms with Crippen LogP contribution in [0.25, 0.3) is 0 Å². The molecule has 0 radical (unpaired) electrons. The first-order chi connectivity index (χ1) is 15.5. The van der Waals surface area contributed by atoms with Gasteiger partial charge in [-0.15, -0.1) is 0 Å². The van der Waals surface area contributed by atoms with E-state index in [1.165, 1.54) is 17.9 Å². The van der Waals surface area contributed by atoms with Crippen LogP contribution in [0.15, 0.2) is 42.7 Å². The highest BCUT2D eigenvalue weighted by atomic mass is 19.1. The van der Waals surface area contributed by atoms with Gasteiger partial charge in [-0.1, -0.05) is 0 Å². The van der Waals surface area contributed by atoms with Crippen LogP contribution in [0.2, 0.25) is 0 Å². The summed E-state index contributed by atoms with van der Waals surface area (Å²) in [6.45, 7) is 4.70. The summed E-state index contributed by atoms with van der Waals surface area (Å²) >= 11 is 0. The normalized spacial score (nSPS) is 19.7. The van der Waals surface area contributed by atoms with Gasteiger partial charge in [0.05, 0.1) is 24.5 Å². The largest absolute Gasteiger partial charge is 0.444 e. The van der Waals surface area contributed by atoms with Crippen LogP contribution in [-0.4, -0.2) is 60.8 Å². The fraction of sp³-hybridized carbons (Fsp3) is 0.435. The zero-order valence-corrected chi connectivity index (χ0v) is 18.1. The van der Waals surface area contributed by atoms with Crippen molar-refractivity contribution in [2.24, 2.45) is 0 Å². The first kappa shape index (κ1) is 22.2. The van der Waals surface area contributed by atoms with Crippen molar-refractivity contribution in [1.29, 1.82) is 0 Å². The van der Waals surface area contributed by atoms with Crippen LogP contribution < -0.4 is 9.80 Å². The van der Waals surface area contributed by atoms with E-state index in [2.05, 4.69) is 4.98 Å². The molecule has 0 saturated carbocycles. The van der Waals surface area contributed by atoms with Crippen LogP contribution in [0.1, 0.15) is 25.3 Å². The van der Waals surface area contributed by atoms with Crippen LogP contribution in [-0.2, 0) is 20.9 Å². The molecule has 9 heteroatoms. The molecule has 170 valence electrons. The van der Waals surface area contributed by atoms with Crippen LogP contribution in [0.4, 0.5) is 20.6 Å². The quantitative estimate of drug-likeness (QED) is 0.652. The van der Waals surface area contributed by atoms with Gasteiger partial charge in [-0.3, -0.25) is 14.7 Å². The molecule has 0 bridgehead atoms. The van der Waals surface area contributed by atoms with E-state index in [-0.39, 0.29) is 11.9 Å². The van der Waals surface area contributed by atoms with Crippen molar-refractivity contribution >= 4 is 23.3 Å². The average Bonchev–Trinajstić information content (AvgIpc) is 3.00. The first-order valence-electron chi connectivity index (χ1n) is 10.8. The molecular formula is C23H27FN4O4. The molecule has 3 heterocycles. The van der Waals surface area contributed by atoms with Crippen LogP contribution in [0.3, 0.4) is 0 Å². The molecule has 4 rings (SSSR count). The van der Waals surface area contributed by atoms with E-state index in [0.29, 0.717) is 63.5 Å². The third kappa shape index (κ3) is 5.41. The molecule has 0 N–H and O–H groups in total. The Morgan fingerprint density at radius 3 is 2.75 bits per heavy atom. The van der Waals surface area contributed by atoms with Crippen molar-refractivity contribution in [3.8, 4) is 0 Å². The molecule has 2 aliphatic rings. The Morgan fingerprint density at radius 1 is 1.19 bits per heavy atom. The van der Waals surface area contributed by atoms with Crippen LogP contribution in [0.5, 0.6) is 0 Å². The third-order valence-corrected chi connectivity index (χ3v) is 5.64. The number of halogens is 1. The van der Waals surface area contributed by atoms with Crippen molar-refractivity contribution in [3.63, 3.8) is 0 Å². The van der Waals surface area contributed by atoms with Gasteiger partial charge in [-0.2, -0.15) is 5.06 Å². The van der Waals surface area contributed by atoms with E-state index in [4.69, 9.17) is 9.57 Å². The predicted octanol–water partition coefficient (Wildman–Crippen LogP) is 3.17. The van der Waals surface area contributed by atoms with E-state index in [0.717, 1.165) is 5.56 Å². The summed E-state index contributed by atoms with van der Waals surface area (Å²) < 4.78 is 20.3. The molecule has 0 spiro atoms. The number of hydrogen-bond donors (Lipinski definition) is 0. The summed E-state index contributed by atoms with van der Waals surface area (Å²) in [6, 6.07) is 8.67. The number of cyclic esters (lactones) is 1. The molecule has 1 amide bonds. The smallest absolute Gasteiger partial charge is 0.414 e. The third-order valence-electron chi connectivity index (χ3n) is 5.64. The number of carbonyl (C=O) groups is 2. The number of rotatable bonds is 7. The Hall–Kier alpha value is -3.04. The zero-order chi connectivity index (χ0) is 22.5. The van der Waals surface area contributed by atoms with Gasteiger partial charge in [-0.05, 0) is 49.2 Å². The van der Waals surface area contributed by atoms with Crippen molar-refractivity contribution in [1.82, 2.24) is 10.0 Å². The molecule has 1 atom stereocenters. The maximum atomic E-state index is 15.0. The van der Waals surface area contributed by atoms with Gasteiger partial charge in [0.1, 0.15) is 17.7 Å². The number of pyridine rings is 1. The molecule has 32 heavy (non-hydrogen) atoms. The van der Waals surface area contributed by atoms with Crippen molar-refractivity contribution in [2.45, 2.75) is 32.4 Å². The summed E-state index contributed by atoms with van der Waals surface area (Å²) in [5, 5.41) is 1.88. The molecular weight excluding hydrogens is 415 g/mol. The molecule has 0 aliphatic carbocycles. The zero-order valence-electron chi connectivity index (χ0n) is 18.1. The highest BCUT2D eigenvalue weighted by Gasteiger charge is 2.33. The minimum absolute atomic E-state index is 0.0515. The van der Waals surface area contributed by atoms with Crippen molar-refractivity contribution < 1.29 is 23.6 Å². The van der Waals surface area contributed by atoms with Gasteiger partial charge < -0.3 is 14.4 Å². The number of hydroxylamine groups is 2.